The van der Waals surface area contributed by atoms with Gasteiger partial charge in [0.05, 0.1) is 0 Å². The maximum atomic E-state index is 10.6. The van der Waals surface area contributed by atoms with Crippen molar-refractivity contribution in [3.8, 4) is 11.5 Å². The summed E-state index contributed by atoms with van der Waals surface area (Å²) in [4.78, 5) is 0. The van der Waals surface area contributed by atoms with E-state index in [1.807, 2.05) is 20.8 Å². The molecule has 0 spiro atoms. The smallest absolute Gasteiger partial charge is 0.446 e. The van der Waals surface area contributed by atoms with Gasteiger partial charge in [0.1, 0.15) is 11.5 Å². The normalized spacial score (nSPS) is 12.5. The van der Waals surface area contributed by atoms with Crippen molar-refractivity contribution < 1.29 is 22.3 Å². The predicted molar refractivity (Wildman–Crippen MR) is 59.0 cm³/mol. The van der Waals surface area contributed by atoms with Crippen molar-refractivity contribution in [2.75, 3.05) is 0 Å². The van der Waals surface area contributed by atoms with E-state index in [9.17, 15) is 13.5 Å². The number of hydrogen-bond acceptors (Lipinski definition) is 4. The zero-order valence-electron chi connectivity index (χ0n) is 9.26. The minimum Gasteiger partial charge on any atom is -0.508 e. The van der Waals surface area contributed by atoms with Gasteiger partial charge in [-0.3, -0.25) is 4.55 Å². The van der Waals surface area contributed by atoms with Crippen molar-refractivity contribution in [3.05, 3.63) is 23.8 Å². The Morgan fingerprint density at radius 2 is 1.81 bits per heavy atom. The quantitative estimate of drug-likeness (QED) is 0.778. The first-order valence-electron chi connectivity index (χ1n) is 4.60. The van der Waals surface area contributed by atoms with E-state index in [-0.39, 0.29) is 11.5 Å². The summed E-state index contributed by atoms with van der Waals surface area (Å²) in [6.45, 7) is 5.50. The lowest BCUT2D eigenvalue weighted by atomic mass is 9.86. The second-order valence-electron chi connectivity index (χ2n) is 4.44. The molecule has 1 aromatic rings. The van der Waals surface area contributed by atoms with E-state index >= 15 is 0 Å². The Morgan fingerprint density at radius 1 is 1.25 bits per heavy atom. The summed E-state index contributed by atoms with van der Waals surface area (Å²) in [5.74, 6) is 0.0143. The predicted octanol–water partition coefficient (Wildman–Crippen LogP) is 1.87. The van der Waals surface area contributed by atoms with Crippen LogP contribution in [-0.4, -0.2) is 18.1 Å². The van der Waals surface area contributed by atoms with Gasteiger partial charge >= 0.3 is 10.4 Å². The Balaban J connectivity index is 3.29. The van der Waals surface area contributed by atoms with Gasteiger partial charge in [0.2, 0.25) is 0 Å². The van der Waals surface area contributed by atoms with E-state index in [1.165, 1.54) is 18.2 Å². The second-order valence-corrected chi connectivity index (χ2v) is 5.46. The number of aromatic hydroxyl groups is 1. The minimum absolute atomic E-state index is 0.00705. The molecule has 0 aliphatic rings. The topological polar surface area (TPSA) is 83.8 Å². The fourth-order valence-electron chi connectivity index (χ4n) is 1.29. The first kappa shape index (κ1) is 12.8. The molecule has 0 aliphatic carbocycles. The number of phenols is 1. The highest BCUT2D eigenvalue weighted by Gasteiger charge is 2.22. The van der Waals surface area contributed by atoms with Crippen LogP contribution in [0.15, 0.2) is 18.2 Å². The first-order chi connectivity index (χ1) is 7.09. The van der Waals surface area contributed by atoms with Crippen LogP contribution < -0.4 is 4.18 Å². The molecule has 0 unspecified atom stereocenters. The van der Waals surface area contributed by atoms with E-state index in [0.717, 1.165) is 0 Å². The van der Waals surface area contributed by atoms with Gasteiger partial charge in [0.15, 0.2) is 0 Å². The molecule has 1 aromatic carbocycles. The van der Waals surface area contributed by atoms with E-state index in [4.69, 9.17) is 4.55 Å². The summed E-state index contributed by atoms with van der Waals surface area (Å²) < 4.78 is 34.3. The number of rotatable bonds is 2. The molecule has 0 radical (unpaired) electrons. The molecular formula is C10H14O5S. The molecule has 0 atom stereocenters. The van der Waals surface area contributed by atoms with Gasteiger partial charge in [-0.05, 0) is 23.6 Å². The SMILES string of the molecule is CC(C)(C)c1cc(O)ccc1OS(=O)(=O)O. The second kappa shape index (κ2) is 3.95. The summed E-state index contributed by atoms with van der Waals surface area (Å²) in [5.41, 5.74) is 0.0730. The molecule has 90 valence electrons. The maximum Gasteiger partial charge on any atom is 0.446 e. The zero-order valence-corrected chi connectivity index (χ0v) is 10.1. The molecule has 16 heavy (non-hydrogen) atoms. The van der Waals surface area contributed by atoms with Crippen LogP contribution in [0.1, 0.15) is 26.3 Å². The monoisotopic (exact) mass is 246 g/mol. The Morgan fingerprint density at radius 3 is 2.25 bits per heavy atom. The standard InChI is InChI=1S/C10H14O5S/c1-10(2,3)8-6-7(11)4-5-9(8)15-16(12,13)14/h4-6,11H,1-3H3,(H,12,13,14). The van der Waals surface area contributed by atoms with Crippen LogP contribution in [0.4, 0.5) is 0 Å². The van der Waals surface area contributed by atoms with Gasteiger partial charge in [-0.1, -0.05) is 20.8 Å². The lowest BCUT2D eigenvalue weighted by Gasteiger charge is -2.21. The molecule has 0 aliphatic heterocycles. The molecule has 0 saturated heterocycles. The Hall–Kier alpha value is -1.27. The molecule has 5 nitrogen and oxygen atoms in total. The first-order valence-corrected chi connectivity index (χ1v) is 5.96. The van der Waals surface area contributed by atoms with Crippen LogP contribution in [0.5, 0.6) is 11.5 Å². The number of benzene rings is 1. The van der Waals surface area contributed by atoms with Gasteiger partial charge in [-0.15, -0.1) is 0 Å². The van der Waals surface area contributed by atoms with E-state index in [0.29, 0.717) is 5.56 Å². The Bertz CT molecular complexity index is 484. The highest BCUT2D eigenvalue weighted by atomic mass is 32.3. The van der Waals surface area contributed by atoms with Gasteiger partial charge in [-0.2, -0.15) is 8.42 Å². The van der Waals surface area contributed by atoms with Crippen molar-refractivity contribution >= 4 is 10.4 Å². The average Bonchev–Trinajstić information content (AvgIpc) is 2.04. The van der Waals surface area contributed by atoms with Crippen molar-refractivity contribution in [1.29, 1.82) is 0 Å². The maximum absolute atomic E-state index is 10.6. The summed E-state index contributed by atoms with van der Waals surface area (Å²) in [5, 5.41) is 9.33. The van der Waals surface area contributed by atoms with Gasteiger partial charge in [0.25, 0.3) is 0 Å². The van der Waals surface area contributed by atoms with Crippen molar-refractivity contribution in [1.82, 2.24) is 0 Å². The van der Waals surface area contributed by atoms with E-state index in [2.05, 4.69) is 4.18 Å². The third kappa shape index (κ3) is 3.39. The highest BCUT2D eigenvalue weighted by Crippen LogP contribution is 2.34. The van der Waals surface area contributed by atoms with Crippen LogP contribution in [0, 0.1) is 0 Å². The molecule has 0 heterocycles. The molecular weight excluding hydrogens is 232 g/mol. The minimum atomic E-state index is -4.55. The number of phenolic OH excluding ortho intramolecular Hbond substituents is 1. The molecule has 0 bridgehead atoms. The number of hydrogen-bond donors (Lipinski definition) is 2. The third-order valence-corrected chi connectivity index (χ3v) is 2.36. The van der Waals surface area contributed by atoms with Crippen LogP contribution in [0.2, 0.25) is 0 Å². The van der Waals surface area contributed by atoms with E-state index in [1.54, 1.807) is 0 Å². The fraction of sp³-hybridized carbons (Fsp3) is 0.400. The Kier molecular flexibility index (Phi) is 3.16. The van der Waals surface area contributed by atoms with Gasteiger partial charge in [0, 0.05) is 5.56 Å². The van der Waals surface area contributed by atoms with Crippen molar-refractivity contribution in [3.63, 3.8) is 0 Å². The average molecular weight is 246 g/mol. The molecule has 0 saturated carbocycles. The Labute approximate surface area is 94.6 Å². The summed E-state index contributed by atoms with van der Waals surface area (Å²) >= 11 is 0. The lowest BCUT2D eigenvalue weighted by Crippen LogP contribution is -2.16. The highest BCUT2D eigenvalue weighted by molar-refractivity contribution is 7.81. The van der Waals surface area contributed by atoms with Gasteiger partial charge in [-0.25, -0.2) is 0 Å². The third-order valence-electron chi connectivity index (χ3n) is 1.97. The molecule has 0 fully saturated rings. The summed E-state index contributed by atoms with van der Waals surface area (Å²) in [6.07, 6.45) is 0. The summed E-state index contributed by atoms with van der Waals surface area (Å²) in [7, 11) is -4.55. The van der Waals surface area contributed by atoms with Crippen molar-refractivity contribution in [2.24, 2.45) is 0 Å². The van der Waals surface area contributed by atoms with Crippen LogP contribution in [0.3, 0.4) is 0 Å². The summed E-state index contributed by atoms with van der Waals surface area (Å²) in [6, 6.07) is 3.99. The van der Waals surface area contributed by atoms with Crippen LogP contribution >= 0.6 is 0 Å². The molecule has 1 rings (SSSR count). The zero-order chi connectivity index (χ0) is 12.6. The molecule has 0 amide bonds. The van der Waals surface area contributed by atoms with Crippen LogP contribution in [0.25, 0.3) is 0 Å². The van der Waals surface area contributed by atoms with Crippen molar-refractivity contribution in [2.45, 2.75) is 26.2 Å². The molecule has 0 aromatic heterocycles. The molecule has 2 N–H and O–H groups in total. The van der Waals surface area contributed by atoms with Crippen LogP contribution in [-0.2, 0) is 15.8 Å². The molecule has 6 heteroatoms. The largest absolute Gasteiger partial charge is 0.508 e. The van der Waals surface area contributed by atoms with E-state index < -0.39 is 15.8 Å². The fourth-order valence-corrected chi connectivity index (χ4v) is 1.66. The van der Waals surface area contributed by atoms with Gasteiger partial charge < -0.3 is 9.29 Å². The lowest BCUT2D eigenvalue weighted by molar-refractivity contribution is 0.380.